The Balaban J connectivity index is 1.92. The highest BCUT2D eigenvalue weighted by Gasteiger charge is 2.29. The molecule has 1 fully saturated rings. The molecule has 0 amide bonds. The molecule has 1 aliphatic carbocycles. The quantitative estimate of drug-likeness (QED) is 0.816. The normalized spacial score (nSPS) is 23.1. The Kier molecular flexibility index (Phi) is 3.18. The molecule has 0 bridgehead atoms. The van der Waals surface area contributed by atoms with E-state index in [-0.39, 0.29) is 5.54 Å². The van der Waals surface area contributed by atoms with Gasteiger partial charge in [0.05, 0.1) is 0 Å². The summed E-state index contributed by atoms with van der Waals surface area (Å²) in [5.74, 6) is 1.28. The summed E-state index contributed by atoms with van der Waals surface area (Å²) < 4.78 is 0. The zero-order valence-corrected chi connectivity index (χ0v) is 11.2. The van der Waals surface area contributed by atoms with E-state index in [2.05, 4.69) is 18.2 Å². The number of benzene rings is 1. The maximum atomic E-state index is 6.61. The summed E-state index contributed by atoms with van der Waals surface area (Å²) in [6.45, 7) is 0. The van der Waals surface area contributed by atoms with Gasteiger partial charge in [-0.15, -0.1) is 11.8 Å². The minimum Gasteiger partial charge on any atom is -0.321 e. The molecule has 0 spiro atoms. The van der Waals surface area contributed by atoms with Crippen LogP contribution in [0.4, 0.5) is 0 Å². The zero-order chi connectivity index (χ0) is 11.7. The van der Waals surface area contributed by atoms with E-state index in [9.17, 15) is 0 Å². The summed E-state index contributed by atoms with van der Waals surface area (Å²) >= 11 is 2.00. The number of rotatable bonds is 1. The van der Waals surface area contributed by atoms with Crippen LogP contribution in [0.15, 0.2) is 23.1 Å². The molecule has 1 nitrogen and oxygen atoms in total. The van der Waals surface area contributed by atoms with Gasteiger partial charge in [-0.05, 0) is 48.6 Å². The smallest absolute Gasteiger partial charge is 0.0409 e. The Morgan fingerprint density at radius 1 is 1.06 bits per heavy atom. The summed E-state index contributed by atoms with van der Waals surface area (Å²) in [7, 11) is 0. The van der Waals surface area contributed by atoms with Crippen molar-refractivity contribution in [2.24, 2.45) is 5.73 Å². The second-order valence-electron chi connectivity index (χ2n) is 5.49. The highest BCUT2D eigenvalue weighted by atomic mass is 32.2. The van der Waals surface area contributed by atoms with Crippen molar-refractivity contribution in [3.8, 4) is 0 Å². The lowest BCUT2D eigenvalue weighted by Gasteiger charge is -2.34. The van der Waals surface area contributed by atoms with Crippen molar-refractivity contribution >= 4 is 11.8 Å². The van der Waals surface area contributed by atoms with Crippen LogP contribution >= 0.6 is 11.8 Å². The molecule has 3 rings (SSSR count). The van der Waals surface area contributed by atoms with Gasteiger partial charge in [0, 0.05) is 10.4 Å². The number of fused-ring (bicyclic) bond motifs is 1. The molecule has 0 atom stereocenters. The van der Waals surface area contributed by atoms with Gasteiger partial charge in [0.2, 0.25) is 0 Å². The number of nitrogens with two attached hydrogens (primary N) is 1. The minimum atomic E-state index is -0.0323. The van der Waals surface area contributed by atoms with Crippen LogP contribution in [0.25, 0.3) is 0 Å². The number of hydrogen-bond donors (Lipinski definition) is 1. The van der Waals surface area contributed by atoms with E-state index in [0.717, 1.165) is 0 Å². The fourth-order valence-corrected chi connectivity index (χ4v) is 4.16. The first-order valence-corrected chi connectivity index (χ1v) is 7.82. The van der Waals surface area contributed by atoms with Crippen molar-refractivity contribution in [3.63, 3.8) is 0 Å². The topological polar surface area (TPSA) is 26.0 Å². The highest BCUT2D eigenvalue weighted by molar-refractivity contribution is 7.99. The molecule has 2 heteroatoms. The average molecular weight is 247 g/mol. The lowest BCUT2D eigenvalue weighted by molar-refractivity contribution is 0.302. The summed E-state index contributed by atoms with van der Waals surface area (Å²) in [6.07, 6.45) is 8.84. The van der Waals surface area contributed by atoms with Crippen molar-refractivity contribution in [1.82, 2.24) is 0 Å². The first kappa shape index (κ1) is 11.6. The van der Waals surface area contributed by atoms with Crippen molar-refractivity contribution in [2.75, 3.05) is 5.75 Å². The molecule has 17 heavy (non-hydrogen) atoms. The van der Waals surface area contributed by atoms with Gasteiger partial charge < -0.3 is 5.73 Å². The average Bonchev–Trinajstić information content (AvgIpc) is 2.39. The van der Waals surface area contributed by atoms with E-state index in [0.29, 0.717) is 0 Å². The highest BCUT2D eigenvalue weighted by Crippen LogP contribution is 2.38. The van der Waals surface area contributed by atoms with Gasteiger partial charge in [-0.25, -0.2) is 0 Å². The van der Waals surface area contributed by atoms with E-state index in [4.69, 9.17) is 5.73 Å². The molecule has 1 aliphatic heterocycles. The van der Waals surface area contributed by atoms with E-state index in [1.165, 1.54) is 66.7 Å². The van der Waals surface area contributed by atoms with Crippen LogP contribution in [0.1, 0.15) is 49.7 Å². The molecule has 92 valence electrons. The molecule has 1 aromatic rings. The molecule has 2 N–H and O–H groups in total. The van der Waals surface area contributed by atoms with Crippen LogP contribution < -0.4 is 5.73 Å². The second-order valence-corrected chi connectivity index (χ2v) is 6.63. The minimum absolute atomic E-state index is 0.0323. The van der Waals surface area contributed by atoms with Crippen LogP contribution in [0.5, 0.6) is 0 Å². The van der Waals surface area contributed by atoms with Crippen molar-refractivity contribution in [2.45, 2.75) is 55.4 Å². The molecule has 0 saturated heterocycles. The third-order valence-electron chi connectivity index (χ3n) is 4.23. The number of hydrogen-bond acceptors (Lipinski definition) is 2. The van der Waals surface area contributed by atoms with Gasteiger partial charge in [-0.3, -0.25) is 0 Å². The zero-order valence-electron chi connectivity index (χ0n) is 10.4. The maximum Gasteiger partial charge on any atom is 0.0409 e. The van der Waals surface area contributed by atoms with E-state index in [1.54, 1.807) is 0 Å². The molecular weight excluding hydrogens is 226 g/mol. The molecule has 1 heterocycles. The molecule has 1 saturated carbocycles. The summed E-state index contributed by atoms with van der Waals surface area (Å²) in [6, 6.07) is 6.98. The van der Waals surface area contributed by atoms with E-state index < -0.39 is 0 Å². The van der Waals surface area contributed by atoms with Gasteiger partial charge in [0.15, 0.2) is 0 Å². The van der Waals surface area contributed by atoms with Gasteiger partial charge in [-0.1, -0.05) is 31.4 Å². The number of aryl methyl sites for hydroxylation is 1. The molecule has 0 aromatic heterocycles. The van der Waals surface area contributed by atoms with Gasteiger partial charge >= 0.3 is 0 Å². The van der Waals surface area contributed by atoms with Crippen molar-refractivity contribution in [3.05, 3.63) is 29.3 Å². The third kappa shape index (κ3) is 2.25. The Bertz CT molecular complexity index is 407. The molecule has 0 unspecified atom stereocenters. The Morgan fingerprint density at radius 3 is 2.71 bits per heavy atom. The summed E-state index contributed by atoms with van der Waals surface area (Å²) in [5.41, 5.74) is 9.50. The molecule has 2 aliphatic rings. The van der Waals surface area contributed by atoms with E-state index >= 15 is 0 Å². The molecule has 0 radical (unpaired) electrons. The largest absolute Gasteiger partial charge is 0.321 e. The van der Waals surface area contributed by atoms with Crippen LogP contribution in [0.3, 0.4) is 0 Å². The van der Waals surface area contributed by atoms with Crippen LogP contribution in [-0.4, -0.2) is 5.75 Å². The molecule has 1 aromatic carbocycles. The monoisotopic (exact) mass is 247 g/mol. The maximum absolute atomic E-state index is 6.61. The number of thioether (sulfide) groups is 1. The standard InChI is InChI=1S/C15H21NS/c16-15(8-2-1-3-9-15)13-6-7-14-12(11-13)5-4-10-17-14/h6-7,11H,1-5,8-10,16H2. The fourth-order valence-electron chi connectivity index (χ4n) is 3.14. The Hall–Kier alpha value is -0.470. The predicted octanol–water partition coefficient (Wildman–Crippen LogP) is 3.84. The second kappa shape index (κ2) is 4.66. The predicted molar refractivity (Wildman–Crippen MR) is 74.4 cm³/mol. The van der Waals surface area contributed by atoms with Crippen LogP contribution in [0.2, 0.25) is 0 Å². The Labute approximate surface area is 108 Å². The fraction of sp³-hybridized carbons (Fsp3) is 0.600. The van der Waals surface area contributed by atoms with Gasteiger partial charge in [-0.2, -0.15) is 0 Å². The molecular formula is C15H21NS. The first-order chi connectivity index (χ1) is 8.28. The summed E-state index contributed by atoms with van der Waals surface area (Å²) in [4.78, 5) is 1.49. The van der Waals surface area contributed by atoms with Gasteiger partial charge in [0.1, 0.15) is 0 Å². The third-order valence-corrected chi connectivity index (χ3v) is 5.43. The van der Waals surface area contributed by atoms with E-state index in [1.807, 2.05) is 11.8 Å². The van der Waals surface area contributed by atoms with Crippen molar-refractivity contribution < 1.29 is 0 Å². The van der Waals surface area contributed by atoms with Crippen LogP contribution in [0, 0.1) is 0 Å². The lowest BCUT2D eigenvalue weighted by Crippen LogP contribution is -2.38. The lowest BCUT2D eigenvalue weighted by atomic mass is 9.77. The SMILES string of the molecule is NC1(c2ccc3c(c2)CCCS3)CCCCC1. The first-order valence-electron chi connectivity index (χ1n) is 6.83. The summed E-state index contributed by atoms with van der Waals surface area (Å²) in [5, 5.41) is 0. The van der Waals surface area contributed by atoms with Crippen LogP contribution in [-0.2, 0) is 12.0 Å². The van der Waals surface area contributed by atoms with Crippen molar-refractivity contribution in [1.29, 1.82) is 0 Å². The van der Waals surface area contributed by atoms with Gasteiger partial charge in [0.25, 0.3) is 0 Å². The Morgan fingerprint density at radius 2 is 1.88 bits per heavy atom.